The normalized spacial score (nSPS) is 23.4. The van der Waals surface area contributed by atoms with E-state index >= 15 is 0 Å². The molecule has 0 saturated carbocycles. The Labute approximate surface area is 232 Å². The van der Waals surface area contributed by atoms with E-state index in [4.69, 9.17) is 9.47 Å². The van der Waals surface area contributed by atoms with Crippen molar-refractivity contribution >= 4 is 17.8 Å². The molecule has 214 valence electrons. The fourth-order valence-electron chi connectivity index (χ4n) is 5.56. The number of rotatable bonds is 8. The molecule has 0 bridgehead atoms. The van der Waals surface area contributed by atoms with Crippen molar-refractivity contribution in [3.8, 4) is 11.5 Å². The Hall–Kier alpha value is -3.90. The highest BCUT2D eigenvalue weighted by molar-refractivity contribution is 5.91. The summed E-state index contributed by atoms with van der Waals surface area (Å²) in [6.07, 6.45) is 0.837. The van der Waals surface area contributed by atoms with E-state index in [9.17, 15) is 23.9 Å². The Kier molecular flexibility index (Phi) is 8.36. The molecular weight excluding hydrogens is 521 g/mol. The molecule has 5 rings (SSSR count). The molecule has 0 aliphatic carbocycles. The standard InChI is InChI=1S/C28H34FN5O6/c1-39-22-10-6-20(7-11-22)14-30-28(38)34-25-16-31(15-23-3-2-12-40-23)27(37)24(13-19-4-8-21(35)9-5-19)33(25)26(36)17-32(34)18-29/h4-11,23-25,35H,2-3,12-18H2,1H3,(H,30,38)/t23?,24-,25-/m0/s1. The Morgan fingerprint density at radius 2 is 1.85 bits per heavy atom. The average molecular weight is 556 g/mol. The minimum atomic E-state index is -1.05. The first-order chi connectivity index (χ1) is 19.4. The number of methoxy groups -OCH3 is 1. The number of hydrogen-bond acceptors (Lipinski definition) is 7. The number of carbonyl (C=O) groups excluding carboxylic acids is 3. The number of hydrogen-bond donors (Lipinski definition) is 2. The first-order valence-corrected chi connectivity index (χ1v) is 13.4. The Morgan fingerprint density at radius 1 is 1.12 bits per heavy atom. The minimum absolute atomic E-state index is 0.0307. The zero-order chi connectivity index (χ0) is 28.2. The number of piperazine rings is 1. The van der Waals surface area contributed by atoms with Crippen LogP contribution in [-0.2, 0) is 27.3 Å². The van der Waals surface area contributed by atoms with Gasteiger partial charge in [0.05, 0.1) is 19.8 Å². The number of phenols is 1. The van der Waals surface area contributed by atoms with Gasteiger partial charge < -0.3 is 29.7 Å². The molecular formula is C28H34FN5O6. The van der Waals surface area contributed by atoms with Crippen LogP contribution >= 0.6 is 0 Å². The van der Waals surface area contributed by atoms with Crippen molar-refractivity contribution in [2.24, 2.45) is 0 Å². The van der Waals surface area contributed by atoms with Crippen LogP contribution < -0.4 is 10.1 Å². The summed E-state index contributed by atoms with van der Waals surface area (Å²) in [5.74, 6) is 0.0851. The van der Waals surface area contributed by atoms with Gasteiger partial charge in [-0.2, -0.15) is 5.01 Å². The van der Waals surface area contributed by atoms with Crippen LogP contribution in [0.4, 0.5) is 9.18 Å². The van der Waals surface area contributed by atoms with Crippen LogP contribution in [0.1, 0.15) is 24.0 Å². The van der Waals surface area contributed by atoms with Crippen LogP contribution in [-0.4, -0.2) is 101 Å². The lowest BCUT2D eigenvalue weighted by Crippen LogP contribution is -2.76. The van der Waals surface area contributed by atoms with Crippen molar-refractivity contribution < 1.29 is 33.4 Å². The van der Waals surface area contributed by atoms with E-state index in [1.807, 2.05) is 12.1 Å². The maximum absolute atomic E-state index is 14.2. The maximum atomic E-state index is 14.2. The zero-order valence-electron chi connectivity index (χ0n) is 22.4. The molecule has 11 nitrogen and oxygen atoms in total. The Bertz CT molecular complexity index is 1210. The summed E-state index contributed by atoms with van der Waals surface area (Å²) in [5, 5.41) is 14.8. The highest BCUT2D eigenvalue weighted by Crippen LogP contribution is 2.29. The number of amides is 4. The van der Waals surface area contributed by atoms with E-state index in [2.05, 4.69) is 5.32 Å². The number of fused-ring (bicyclic) bond motifs is 1. The lowest BCUT2D eigenvalue weighted by atomic mass is 9.98. The molecule has 2 aromatic rings. The SMILES string of the molecule is COc1ccc(CNC(=O)N2[C@H]3CN(CC4CCCO4)C(=O)[C@H](Cc4ccc(O)cc4)N3C(=O)CN2CF)cc1. The largest absolute Gasteiger partial charge is 0.508 e. The summed E-state index contributed by atoms with van der Waals surface area (Å²) >= 11 is 0. The summed E-state index contributed by atoms with van der Waals surface area (Å²) in [5.41, 5.74) is 1.56. The average Bonchev–Trinajstić information content (AvgIpc) is 3.48. The van der Waals surface area contributed by atoms with Gasteiger partial charge in [-0.15, -0.1) is 0 Å². The number of hydrazine groups is 1. The molecule has 2 N–H and O–H groups in total. The highest BCUT2D eigenvalue weighted by Gasteiger charge is 2.51. The monoisotopic (exact) mass is 555 g/mol. The number of ether oxygens (including phenoxy) is 2. The van der Waals surface area contributed by atoms with E-state index in [0.29, 0.717) is 18.9 Å². The van der Waals surface area contributed by atoms with Gasteiger partial charge in [0, 0.05) is 26.1 Å². The molecule has 0 spiro atoms. The van der Waals surface area contributed by atoms with Crippen LogP contribution in [0.3, 0.4) is 0 Å². The van der Waals surface area contributed by atoms with Crippen molar-refractivity contribution in [3.63, 3.8) is 0 Å². The summed E-state index contributed by atoms with van der Waals surface area (Å²) in [7, 11) is 1.57. The number of urea groups is 1. The fraction of sp³-hybridized carbons (Fsp3) is 0.464. The van der Waals surface area contributed by atoms with Gasteiger partial charge in [-0.1, -0.05) is 24.3 Å². The van der Waals surface area contributed by atoms with Gasteiger partial charge in [-0.3, -0.25) is 9.59 Å². The van der Waals surface area contributed by atoms with Crippen LogP contribution in [0.2, 0.25) is 0 Å². The van der Waals surface area contributed by atoms with Crippen molar-refractivity contribution in [3.05, 3.63) is 59.7 Å². The smallest absolute Gasteiger partial charge is 0.334 e. The molecule has 40 heavy (non-hydrogen) atoms. The molecule has 4 amide bonds. The lowest BCUT2D eigenvalue weighted by molar-refractivity contribution is -0.195. The van der Waals surface area contributed by atoms with Crippen molar-refractivity contribution in [2.75, 3.05) is 40.1 Å². The Balaban J connectivity index is 1.42. The summed E-state index contributed by atoms with van der Waals surface area (Å²) in [6.45, 7) is -0.283. The third kappa shape index (κ3) is 5.82. The molecule has 0 aromatic heterocycles. The first-order valence-electron chi connectivity index (χ1n) is 13.4. The number of phenolic OH excluding ortho intramolecular Hbond substituents is 1. The number of alkyl halides is 1. The number of halogens is 1. The second-order valence-corrected chi connectivity index (χ2v) is 10.2. The second kappa shape index (κ2) is 12.1. The predicted octanol–water partition coefficient (Wildman–Crippen LogP) is 1.86. The number of aromatic hydroxyl groups is 1. The van der Waals surface area contributed by atoms with Gasteiger partial charge in [0.15, 0.2) is 6.80 Å². The van der Waals surface area contributed by atoms with Crippen LogP contribution in [0.25, 0.3) is 0 Å². The van der Waals surface area contributed by atoms with Gasteiger partial charge in [0.1, 0.15) is 30.3 Å². The van der Waals surface area contributed by atoms with Crippen molar-refractivity contribution in [1.82, 2.24) is 25.1 Å². The number of nitrogens with zero attached hydrogens (tertiary/aromatic N) is 4. The van der Waals surface area contributed by atoms with Crippen molar-refractivity contribution in [2.45, 2.75) is 44.1 Å². The molecule has 3 aliphatic heterocycles. The van der Waals surface area contributed by atoms with E-state index in [0.717, 1.165) is 29.0 Å². The molecule has 1 unspecified atom stereocenters. The quantitative estimate of drug-likeness (QED) is 0.478. The van der Waals surface area contributed by atoms with Crippen LogP contribution in [0.5, 0.6) is 11.5 Å². The van der Waals surface area contributed by atoms with Crippen molar-refractivity contribution in [1.29, 1.82) is 0 Å². The van der Waals surface area contributed by atoms with Gasteiger partial charge in [-0.25, -0.2) is 14.2 Å². The van der Waals surface area contributed by atoms with Gasteiger partial charge in [0.25, 0.3) is 0 Å². The topological polar surface area (TPSA) is 115 Å². The predicted molar refractivity (Wildman–Crippen MR) is 142 cm³/mol. The zero-order valence-corrected chi connectivity index (χ0v) is 22.4. The molecule has 12 heteroatoms. The van der Waals surface area contributed by atoms with Crippen LogP contribution in [0, 0.1) is 0 Å². The van der Waals surface area contributed by atoms with Gasteiger partial charge >= 0.3 is 6.03 Å². The van der Waals surface area contributed by atoms with E-state index in [-0.39, 0.29) is 43.8 Å². The van der Waals surface area contributed by atoms with E-state index < -0.39 is 30.9 Å². The van der Waals surface area contributed by atoms with Gasteiger partial charge in [0.2, 0.25) is 11.8 Å². The van der Waals surface area contributed by atoms with E-state index in [1.165, 1.54) is 22.0 Å². The summed E-state index contributed by atoms with van der Waals surface area (Å²) in [6, 6.07) is 12.1. The third-order valence-electron chi connectivity index (χ3n) is 7.59. The third-order valence-corrected chi connectivity index (χ3v) is 7.59. The summed E-state index contributed by atoms with van der Waals surface area (Å²) < 4.78 is 25.2. The Morgan fingerprint density at radius 3 is 2.50 bits per heavy atom. The van der Waals surface area contributed by atoms with Gasteiger partial charge in [-0.05, 0) is 48.2 Å². The molecule has 3 atom stereocenters. The molecule has 0 radical (unpaired) electrons. The first kappa shape index (κ1) is 27.7. The molecule has 3 fully saturated rings. The molecule has 2 aromatic carbocycles. The second-order valence-electron chi connectivity index (χ2n) is 10.2. The van der Waals surface area contributed by atoms with Crippen LogP contribution in [0.15, 0.2) is 48.5 Å². The minimum Gasteiger partial charge on any atom is -0.508 e. The molecule has 3 saturated heterocycles. The summed E-state index contributed by atoms with van der Waals surface area (Å²) in [4.78, 5) is 43.7. The molecule has 3 heterocycles. The number of benzene rings is 2. The maximum Gasteiger partial charge on any atom is 0.334 e. The molecule has 3 aliphatic rings. The number of nitrogens with one attached hydrogen (secondary N) is 1. The van der Waals surface area contributed by atoms with E-state index in [1.54, 1.807) is 36.3 Å². The lowest BCUT2D eigenvalue weighted by Gasteiger charge is -2.54. The highest BCUT2D eigenvalue weighted by atomic mass is 19.1. The number of carbonyl (C=O) groups is 3. The fourth-order valence-corrected chi connectivity index (χ4v) is 5.56.